The van der Waals surface area contributed by atoms with Crippen LogP contribution in [0.1, 0.15) is 131 Å². The minimum absolute atomic E-state index is 0.0471. The lowest BCUT2D eigenvalue weighted by atomic mass is 9.91. The van der Waals surface area contributed by atoms with E-state index in [1.54, 1.807) is 6.92 Å². The number of ketones is 1. The van der Waals surface area contributed by atoms with E-state index in [2.05, 4.69) is 29.4 Å². The minimum Gasteiger partial charge on any atom is -0.393 e. The van der Waals surface area contributed by atoms with E-state index in [1.807, 2.05) is 27.7 Å². The Morgan fingerprint density at radius 1 is 0.927 bits per heavy atom. The fourth-order valence-electron chi connectivity index (χ4n) is 4.86. The molecule has 1 aliphatic rings. The SMILES string of the molecule is CCCCCCCC/C=C\CCCCCC(CC(=O)C1=NCCN1)C(C)O.CCO[Si](OCC)(OCC)C(N)CC. The van der Waals surface area contributed by atoms with Crippen LogP contribution < -0.4 is 11.1 Å². The fourth-order valence-corrected chi connectivity index (χ4v) is 7.46. The number of amidine groups is 1. The number of Topliss-reactive ketones (excluding diaryl/α,β-unsaturated/α-hetero) is 1. The maximum Gasteiger partial charge on any atom is 0.518 e. The van der Waals surface area contributed by atoms with Gasteiger partial charge in [0.25, 0.3) is 0 Å². The molecule has 0 bridgehead atoms. The van der Waals surface area contributed by atoms with Crippen LogP contribution in [-0.2, 0) is 18.1 Å². The number of nitrogens with one attached hydrogen (secondary N) is 1. The second-order valence-corrected chi connectivity index (χ2v) is 13.7. The van der Waals surface area contributed by atoms with Crippen LogP contribution in [0.4, 0.5) is 0 Å². The van der Waals surface area contributed by atoms with E-state index in [-0.39, 0.29) is 17.4 Å². The first kappa shape index (κ1) is 39.9. The smallest absolute Gasteiger partial charge is 0.393 e. The van der Waals surface area contributed by atoms with Crippen molar-refractivity contribution in [3.63, 3.8) is 0 Å². The van der Waals surface area contributed by atoms with Crippen LogP contribution in [0.2, 0.25) is 0 Å². The predicted octanol–water partition coefficient (Wildman–Crippen LogP) is 6.51. The molecule has 0 saturated carbocycles. The summed E-state index contributed by atoms with van der Waals surface area (Å²) in [5.74, 6) is 0.609. The molecule has 0 aromatic heterocycles. The van der Waals surface area contributed by atoms with E-state index in [0.717, 1.165) is 38.6 Å². The lowest BCUT2D eigenvalue weighted by Gasteiger charge is -2.32. The zero-order valence-electron chi connectivity index (χ0n) is 27.4. The summed E-state index contributed by atoms with van der Waals surface area (Å²) in [6, 6.07) is 0. The second-order valence-electron chi connectivity index (χ2n) is 10.9. The highest BCUT2D eigenvalue weighted by Crippen LogP contribution is 2.20. The maximum absolute atomic E-state index is 12.2. The maximum atomic E-state index is 12.2. The van der Waals surface area contributed by atoms with E-state index in [1.165, 1.54) is 51.4 Å². The number of nitrogens with two attached hydrogens (primary N) is 1. The van der Waals surface area contributed by atoms with Gasteiger partial charge in [0.1, 0.15) is 0 Å². The van der Waals surface area contributed by atoms with Gasteiger partial charge in [0.2, 0.25) is 0 Å². The molecule has 242 valence electrons. The summed E-state index contributed by atoms with van der Waals surface area (Å²) >= 11 is 0. The number of nitrogens with zero attached hydrogens (tertiary/aromatic N) is 1. The number of hydrogen-bond acceptors (Lipinski definition) is 8. The van der Waals surface area contributed by atoms with Crippen molar-refractivity contribution in [2.45, 2.75) is 143 Å². The van der Waals surface area contributed by atoms with E-state index < -0.39 is 14.9 Å². The topological polar surface area (TPSA) is 115 Å². The number of allylic oxidation sites excluding steroid dienone is 2. The van der Waals surface area contributed by atoms with E-state index in [0.29, 0.717) is 38.6 Å². The molecule has 4 N–H and O–H groups in total. The number of rotatable bonds is 25. The number of unbranched alkanes of at least 4 members (excludes halogenated alkanes) is 9. The minimum atomic E-state index is -2.62. The summed E-state index contributed by atoms with van der Waals surface area (Å²) in [4.78, 5) is 16.4. The summed E-state index contributed by atoms with van der Waals surface area (Å²) < 4.78 is 16.9. The van der Waals surface area contributed by atoms with Crippen LogP contribution in [0.5, 0.6) is 0 Å². The van der Waals surface area contributed by atoms with Crippen molar-refractivity contribution in [2.24, 2.45) is 16.6 Å². The van der Waals surface area contributed by atoms with Gasteiger partial charge in [-0.15, -0.1) is 0 Å². The largest absolute Gasteiger partial charge is 0.518 e. The molecule has 0 aromatic carbocycles. The highest BCUT2D eigenvalue weighted by molar-refractivity contribution is 6.62. The van der Waals surface area contributed by atoms with Crippen LogP contribution in [0, 0.1) is 5.92 Å². The van der Waals surface area contributed by atoms with Crippen molar-refractivity contribution in [3.05, 3.63) is 12.2 Å². The molecule has 0 saturated heterocycles. The molecule has 0 fully saturated rings. The molecular weight excluding hydrogens is 534 g/mol. The zero-order chi connectivity index (χ0) is 30.8. The van der Waals surface area contributed by atoms with Crippen molar-refractivity contribution in [1.29, 1.82) is 0 Å². The van der Waals surface area contributed by atoms with Crippen LogP contribution in [0.15, 0.2) is 17.1 Å². The Morgan fingerprint density at radius 3 is 1.93 bits per heavy atom. The monoisotopic (exact) mass is 599 g/mol. The molecule has 1 heterocycles. The van der Waals surface area contributed by atoms with E-state index >= 15 is 0 Å². The quantitative estimate of drug-likeness (QED) is 0.0622. The summed E-state index contributed by atoms with van der Waals surface area (Å²) in [6.07, 6.45) is 20.3. The number of aliphatic hydroxyl groups excluding tert-OH is 1. The number of aliphatic hydroxyl groups is 1. The first-order valence-electron chi connectivity index (χ1n) is 16.6. The highest BCUT2D eigenvalue weighted by Gasteiger charge is 2.46. The molecule has 3 unspecified atom stereocenters. The van der Waals surface area contributed by atoms with Gasteiger partial charge >= 0.3 is 8.80 Å². The van der Waals surface area contributed by atoms with Gasteiger partial charge in [-0.05, 0) is 72.1 Å². The first-order chi connectivity index (χ1) is 19.8. The molecule has 0 aliphatic carbocycles. The number of carbonyl (C=O) groups excluding carboxylic acids is 1. The molecular formula is C32H65N3O5Si. The zero-order valence-corrected chi connectivity index (χ0v) is 28.4. The van der Waals surface area contributed by atoms with Crippen LogP contribution >= 0.6 is 0 Å². The van der Waals surface area contributed by atoms with Gasteiger partial charge in [-0.1, -0.05) is 70.9 Å². The van der Waals surface area contributed by atoms with Crippen molar-refractivity contribution < 1.29 is 23.2 Å². The average molecular weight is 600 g/mol. The van der Waals surface area contributed by atoms with Crippen molar-refractivity contribution in [1.82, 2.24) is 5.32 Å². The third kappa shape index (κ3) is 18.9. The number of aliphatic imine (C=N–C) groups is 1. The molecule has 0 radical (unpaired) electrons. The molecule has 1 rings (SSSR count). The van der Waals surface area contributed by atoms with E-state index in [9.17, 15) is 9.90 Å². The Hall–Kier alpha value is -1.10. The van der Waals surface area contributed by atoms with Crippen LogP contribution in [0.3, 0.4) is 0 Å². The number of carbonyl (C=O) groups is 1. The van der Waals surface area contributed by atoms with Gasteiger partial charge in [0.05, 0.1) is 18.3 Å². The predicted molar refractivity (Wildman–Crippen MR) is 174 cm³/mol. The summed E-state index contributed by atoms with van der Waals surface area (Å²) in [6.45, 7) is 15.1. The summed E-state index contributed by atoms with van der Waals surface area (Å²) in [7, 11) is -2.62. The van der Waals surface area contributed by atoms with Gasteiger partial charge in [-0.2, -0.15) is 0 Å². The lowest BCUT2D eigenvalue weighted by molar-refractivity contribution is -0.114. The Kier molecular flexibility index (Phi) is 25.8. The Bertz CT molecular complexity index is 673. The highest BCUT2D eigenvalue weighted by atomic mass is 28.4. The molecule has 9 heteroatoms. The summed E-state index contributed by atoms with van der Waals surface area (Å²) in [5.41, 5.74) is 5.87. The van der Waals surface area contributed by atoms with Gasteiger partial charge in [-0.25, -0.2) is 0 Å². The average Bonchev–Trinajstić information content (AvgIpc) is 3.50. The van der Waals surface area contributed by atoms with Crippen molar-refractivity contribution in [3.8, 4) is 0 Å². The summed E-state index contributed by atoms with van der Waals surface area (Å²) in [5, 5.41) is 13.0. The van der Waals surface area contributed by atoms with Crippen molar-refractivity contribution >= 4 is 20.4 Å². The first-order valence-corrected chi connectivity index (χ1v) is 18.4. The number of hydrogen-bond donors (Lipinski definition) is 3. The van der Waals surface area contributed by atoms with Gasteiger partial charge in [0, 0.05) is 32.8 Å². The third-order valence-electron chi connectivity index (χ3n) is 7.34. The Morgan fingerprint density at radius 2 is 1.46 bits per heavy atom. The molecule has 0 spiro atoms. The Labute approximate surface area is 253 Å². The van der Waals surface area contributed by atoms with Crippen LogP contribution in [-0.4, -0.2) is 70.2 Å². The lowest BCUT2D eigenvalue weighted by Crippen LogP contribution is -2.60. The molecule has 8 nitrogen and oxygen atoms in total. The normalized spacial score (nSPS) is 15.7. The molecule has 0 aromatic rings. The van der Waals surface area contributed by atoms with Gasteiger partial charge in [0.15, 0.2) is 11.6 Å². The molecule has 41 heavy (non-hydrogen) atoms. The van der Waals surface area contributed by atoms with Crippen LogP contribution in [0.25, 0.3) is 0 Å². The Balaban J connectivity index is 0.000000964. The molecule has 1 aliphatic heterocycles. The van der Waals surface area contributed by atoms with Gasteiger partial charge in [-0.3, -0.25) is 9.79 Å². The second kappa shape index (κ2) is 26.5. The molecule has 3 atom stereocenters. The van der Waals surface area contributed by atoms with Gasteiger partial charge < -0.3 is 29.4 Å². The van der Waals surface area contributed by atoms with Crippen molar-refractivity contribution in [2.75, 3.05) is 32.9 Å². The standard InChI is InChI=1S/C23H42N2O2.C9H23NO3Si/c1-3-4-5-6-7-8-9-10-11-12-13-14-15-16-21(20(2)26)19-22(27)23-24-17-18-25-23;1-5-9(10)14(11-6-2,12-7-3)13-8-4/h10-11,20-21,26H,3-9,12-19H2,1-2H3,(H,24,25);9H,5-8,10H2,1-4H3/b11-10-;. The van der Waals surface area contributed by atoms with E-state index in [4.69, 9.17) is 19.0 Å². The fraction of sp³-hybridized carbons (Fsp3) is 0.875. The molecule has 0 amide bonds. The third-order valence-corrected chi connectivity index (χ3v) is 10.7.